The first-order chi connectivity index (χ1) is 13.6. The Bertz CT molecular complexity index is 479. The maximum Gasteiger partial charge on any atom is 0.219 e. The summed E-state index contributed by atoms with van der Waals surface area (Å²) in [6.45, 7) is 13.4. The average molecular weight is 525 g/mol. The second-order valence-electron chi connectivity index (χ2n) is 7.49. The van der Waals surface area contributed by atoms with E-state index in [2.05, 4.69) is 22.0 Å². The van der Waals surface area contributed by atoms with Gasteiger partial charge >= 0.3 is 0 Å². The fourth-order valence-corrected chi connectivity index (χ4v) is 3.70. The van der Waals surface area contributed by atoms with Gasteiger partial charge < -0.3 is 24.6 Å². The molecule has 2 aliphatic heterocycles. The summed E-state index contributed by atoms with van der Waals surface area (Å²) in [6, 6.07) is 0. The zero-order valence-electron chi connectivity index (χ0n) is 18.4. The van der Waals surface area contributed by atoms with E-state index >= 15 is 0 Å². The molecule has 0 spiro atoms. The molecule has 2 aliphatic rings. The van der Waals surface area contributed by atoms with Gasteiger partial charge in [0.15, 0.2) is 5.96 Å². The van der Waals surface area contributed by atoms with Crippen LogP contribution in [-0.4, -0.2) is 112 Å². The van der Waals surface area contributed by atoms with Gasteiger partial charge in [-0.1, -0.05) is 0 Å². The van der Waals surface area contributed by atoms with E-state index in [1.165, 1.54) is 0 Å². The molecule has 170 valence electrons. The maximum atomic E-state index is 11.4. The number of hydrogen-bond acceptors (Lipinski definition) is 5. The van der Waals surface area contributed by atoms with Crippen molar-refractivity contribution in [3.63, 3.8) is 0 Å². The first-order valence-electron chi connectivity index (χ1n) is 10.8. The smallest absolute Gasteiger partial charge is 0.219 e. The predicted molar refractivity (Wildman–Crippen MR) is 127 cm³/mol. The van der Waals surface area contributed by atoms with Crippen LogP contribution in [0.5, 0.6) is 0 Å². The third kappa shape index (κ3) is 9.80. The fraction of sp³-hybridized carbons (Fsp3) is 0.900. The first-order valence-corrected chi connectivity index (χ1v) is 10.8. The molecule has 0 bridgehead atoms. The van der Waals surface area contributed by atoms with Gasteiger partial charge in [-0.05, 0) is 26.2 Å². The Kier molecular flexibility index (Phi) is 13.8. The van der Waals surface area contributed by atoms with Crippen molar-refractivity contribution >= 4 is 35.8 Å². The molecule has 0 aliphatic carbocycles. The molecule has 0 aromatic heterocycles. The van der Waals surface area contributed by atoms with Gasteiger partial charge in [-0.15, -0.1) is 24.0 Å². The van der Waals surface area contributed by atoms with E-state index < -0.39 is 0 Å². The number of aliphatic imine (C=N–C) groups is 1. The Morgan fingerprint density at radius 2 is 1.76 bits per heavy atom. The molecule has 0 saturated carbocycles. The van der Waals surface area contributed by atoms with Crippen LogP contribution in [0.1, 0.15) is 33.1 Å². The van der Waals surface area contributed by atoms with E-state index in [1.807, 2.05) is 4.90 Å². The Morgan fingerprint density at radius 1 is 1.07 bits per heavy atom. The number of methoxy groups -OCH3 is 1. The quantitative estimate of drug-likeness (QED) is 0.212. The average Bonchev–Trinajstić information content (AvgIpc) is 2.71. The highest BCUT2D eigenvalue weighted by Crippen LogP contribution is 2.14. The minimum Gasteiger partial charge on any atom is -0.385 e. The largest absolute Gasteiger partial charge is 0.385 e. The van der Waals surface area contributed by atoms with Gasteiger partial charge in [-0.2, -0.15) is 0 Å². The Balaban J connectivity index is 0.00000420. The first kappa shape index (κ1) is 26.4. The molecule has 1 amide bonds. The minimum absolute atomic E-state index is 0. The number of piperidine rings is 1. The van der Waals surface area contributed by atoms with Crippen molar-refractivity contribution < 1.29 is 14.3 Å². The van der Waals surface area contributed by atoms with Crippen molar-refractivity contribution in [2.45, 2.75) is 39.2 Å². The van der Waals surface area contributed by atoms with Crippen molar-refractivity contribution in [3.05, 3.63) is 0 Å². The highest BCUT2D eigenvalue weighted by atomic mass is 127. The van der Waals surface area contributed by atoms with Crippen molar-refractivity contribution in [2.75, 3.05) is 79.2 Å². The van der Waals surface area contributed by atoms with Crippen LogP contribution in [0.4, 0.5) is 0 Å². The number of guanidine groups is 1. The van der Waals surface area contributed by atoms with E-state index in [9.17, 15) is 4.79 Å². The minimum atomic E-state index is 0. The second-order valence-corrected chi connectivity index (χ2v) is 7.49. The van der Waals surface area contributed by atoms with Crippen molar-refractivity contribution in [1.29, 1.82) is 0 Å². The summed E-state index contributed by atoms with van der Waals surface area (Å²) in [5.41, 5.74) is 0. The lowest BCUT2D eigenvalue weighted by Crippen LogP contribution is -2.49. The number of rotatable bonds is 9. The second kappa shape index (κ2) is 15.2. The molecule has 2 saturated heterocycles. The summed E-state index contributed by atoms with van der Waals surface area (Å²) in [7, 11) is 1.73. The summed E-state index contributed by atoms with van der Waals surface area (Å²) in [6.07, 6.45) is 3.41. The third-order valence-corrected chi connectivity index (χ3v) is 5.42. The number of nitrogens with one attached hydrogen (secondary N) is 1. The molecule has 2 heterocycles. The number of carbonyl (C=O) groups excluding carboxylic acids is 1. The number of piperazine rings is 1. The van der Waals surface area contributed by atoms with Gasteiger partial charge in [0.1, 0.15) is 0 Å². The van der Waals surface area contributed by atoms with E-state index in [1.54, 1.807) is 14.0 Å². The van der Waals surface area contributed by atoms with E-state index in [4.69, 9.17) is 14.5 Å². The molecule has 2 fully saturated rings. The van der Waals surface area contributed by atoms with Crippen LogP contribution in [0.3, 0.4) is 0 Å². The third-order valence-electron chi connectivity index (χ3n) is 5.42. The number of nitrogens with zero attached hydrogens (tertiary/aromatic N) is 4. The molecule has 0 aromatic carbocycles. The monoisotopic (exact) mass is 525 g/mol. The SMILES string of the molecule is CCNC(=NCCN1CCN(C(C)=O)CC1)N1CCC(OCCCOC)CC1.I. The van der Waals surface area contributed by atoms with Crippen molar-refractivity contribution in [3.8, 4) is 0 Å². The molecule has 0 aromatic rings. The van der Waals surface area contributed by atoms with Crippen molar-refractivity contribution in [2.24, 2.45) is 4.99 Å². The van der Waals surface area contributed by atoms with Crippen LogP contribution >= 0.6 is 24.0 Å². The van der Waals surface area contributed by atoms with Gasteiger partial charge in [-0.3, -0.25) is 14.7 Å². The Morgan fingerprint density at radius 3 is 2.34 bits per heavy atom. The molecule has 0 radical (unpaired) electrons. The Labute approximate surface area is 193 Å². The highest BCUT2D eigenvalue weighted by molar-refractivity contribution is 14.0. The summed E-state index contributed by atoms with van der Waals surface area (Å²) >= 11 is 0. The van der Waals surface area contributed by atoms with Crippen LogP contribution in [-0.2, 0) is 14.3 Å². The van der Waals surface area contributed by atoms with Crippen LogP contribution in [0, 0.1) is 0 Å². The van der Waals surface area contributed by atoms with Crippen molar-refractivity contribution in [1.82, 2.24) is 20.0 Å². The van der Waals surface area contributed by atoms with E-state index in [0.29, 0.717) is 6.10 Å². The summed E-state index contributed by atoms with van der Waals surface area (Å²) < 4.78 is 11.0. The van der Waals surface area contributed by atoms with Gasteiger partial charge in [0.2, 0.25) is 5.91 Å². The van der Waals surface area contributed by atoms with E-state index in [-0.39, 0.29) is 29.9 Å². The molecular weight excluding hydrogens is 485 g/mol. The topological polar surface area (TPSA) is 69.6 Å². The van der Waals surface area contributed by atoms with Gasteiger partial charge in [-0.25, -0.2) is 0 Å². The molecule has 1 N–H and O–H groups in total. The zero-order chi connectivity index (χ0) is 20.2. The van der Waals surface area contributed by atoms with Crippen LogP contribution < -0.4 is 5.32 Å². The standard InChI is InChI=1S/C20H39N5O3.HI/c1-4-21-20(22-8-11-23-12-14-24(15-13-23)18(2)26)25-9-6-19(7-10-25)28-17-5-16-27-3;/h19H,4-17H2,1-3H3,(H,21,22);1H. The van der Waals surface area contributed by atoms with Crippen LogP contribution in [0.15, 0.2) is 4.99 Å². The lowest BCUT2D eigenvalue weighted by molar-refractivity contribution is -0.130. The normalized spacial score (nSPS) is 19.2. The molecule has 8 nitrogen and oxygen atoms in total. The zero-order valence-corrected chi connectivity index (χ0v) is 20.7. The number of likely N-dealkylation sites (tertiary alicyclic amines) is 1. The summed E-state index contributed by atoms with van der Waals surface area (Å²) in [5.74, 6) is 1.20. The Hall–Kier alpha value is -0.650. The van der Waals surface area contributed by atoms with Gasteiger partial charge in [0.05, 0.1) is 12.6 Å². The number of ether oxygens (including phenoxy) is 2. The highest BCUT2D eigenvalue weighted by Gasteiger charge is 2.22. The molecule has 0 unspecified atom stereocenters. The van der Waals surface area contributed by atoms with Crippen LogP contribution in [0.2, 0.25) is 0 Å². The van der Waals surface area contributed by atoms with Crippen LogP contribution in [0.25, 0.3) is 0 Å². The number of hydrogen-bond donors (Lipinski definition) is 1. The summed E-state index contributed by atoms with van der Waals surface area (Å²) in [4.78, 5) is 22.9. The number of amides is 1. The molecule has 9 heteroatoms. The summed E-state index contributed by atoms with van der Waals surface area (Å²) in [5, 5.41) is 3.43. The van der Waals surface area contributed by atoms with Gasteiger partial charge in [0, 0.05) is 79.6 Å². The fourth-order valence-electron chi connectivity index (χ4n) is 3.70. The molecule has 0 atom stereocenters. The van der Waals surface area contributed by atoms with Gasteiger partial charge in [0.25, 0.3) is 0 Å². The number of halogens is 1. The lowest BCUT2D eigenvalue weighted by atomic mass is 10.1. The van der Waals surface area contributed by atoms with E-state index in [0.717, 1.165) is 97.3 Å². The molecule has 29 heavy (non-hydrogen) atoms. The number of carbonyl (C=O) groups is 1. The molecular formula is C20H40IN5O3. The maximum absolute atomic E-state index is 11.4. The predicted octanol–water partition coefficient (Wildman–Crippen LogP) is 1.25. The molecule has 2 rings (SSSR count). The lowest BCUT2D eigenvalue weighted by Gasteiger charge is -2.35.